The lowest BCUT2D eigenvalue weighted by molar-refractivity contribution is -0.137. The number of benzene rings is 1. The van der Waals surface area contributed by atoms with Crippen molar-refractivity contribution in [3.05, 3.63) is 35.4 Å². The summed E-state index contributed by atoms with van der Waals surface area (Å²) in [6.07, 6.45) is -1.74. The molecule has 0 aromatic heterocycles. The van der Waals surface area contributed by atoms with Crippen LogP contribution in [0.2, 0.25) is 0 Å². The summed E-state index contributed by atoms with van der Waals surface area (Å²) in [5, 5.41) is 3.20. The fourth-order valence-corrected chi connectivity index (χ4v) is 2.33. The van der Waals surface area contributed by atoms with Crippen molar-refractivity contribution in [1.82, 2.24) is 10.2 Å². The van der Waals surface area contributed by atoms with Gasteiger partial charge in [0.2, 0.25) is 0 Å². The first-order valence-electron chi connectivity index (χ1n) is 6.65. The maximum absolute atomic E-state index is 12.5. The van der Waals surface area contributed by atoms with E-state index in [1.54, 1.807) is 6.07 Å². The highest BCUT2D eigenvalue weighted by molar-refractivity contribution is 5.25. The van der Waals surface area contributed by atoms with Gasteiger partial charge in [-0.1, -0.05) is 18.2 Å². The van der Waals surface area contributed by atoms with Gasteiger partial charge in [-0.3, -0.25) is 0 Å². The number of halogens is 3. The van der Waals surface area contributed by atoms with Gasteiger partial charge in [0.05, 0.1) is 5.56 Å². The maximum Gasteiger partial charge on any atom is 0.416 e. The summed E-state index contributed by atoms with van der Waals surface area (Å²) in [7, 11) is 0. The van der Waals surface area contributed by atoms with Crippen molar-refractivity contribution in [2.24, 2.45) is 0 Å². The van der Waals surface area contributed by atoms with Gasteiger partial charge in [0, 0.05) is 19.6 Å². The summed E-state index contributed by atoms with van der Waals surface area (Å²) >= 11 is 0. The Balaban J connectivity index is 1.76. The smallest absolute Gasteiger partial charge is 0.311 e. The molecule has 1 aromatic carbocycles. The van der Waals surface area contributed by atoms with Crippen LogP contribution in [0, 0.1) is 0 Å². The van der Waals surface area contributed by atoms with E-state index in [2.05, 4.69) is 10.2 Å². The zero-order valence-electron chi connectivity index (χ0n) is 10.8. The van der Waals surface area contributed by atoms with Gasteiger partial charge in [-0.15, -0.1) is 0 Å². The number of rotatable bonds is 5. The highest BCUT2D eigenvalue weighted by Crippen LogP contribution is 2.29. The number of hydrogen-bond acceptors (Lipinski definition) is 2. The van der Waals surface area contributed by atoms with E-state index in [0.717, 1.165) is 32.2 Å². The monoisotopic (exact) mass is 272 g/mol. The van der Waals surface area contributed by atoms with E-state index in [9.17, 15) is 13.2 Å². The molecule has 1 fully saturated rings. The first-order valence-corrected chi connectivity index (χ1v) is 6.65. The Morgan fingerprint density at radius 3 is 2.58 bits per heavy atom. The Labute approximate surface area is 111 Å². The maximum atomic E-state index is 12.5. The molecule has 19 heavy (non-hydrogen) atoms. The minimum Gasteiger partial charge on any atom is -0.311 e. The number of nitrogens with zero attached hydrogens (tertiary/aromatic N) is 1. The van der Waals surface area contributed by atoms with Gasteiger partial charge in [-0.25, -0.2) is 0 Å². The first kappa shape index (κ1) is 14.3. The van der Waals surface area contributed by atoms with Gasteiger partial charge in [0.15, 0.2) is 0 Å². The van der Waals surface area contributed by atoms with Crippen LogP contribution < -0.4 is 5.32 Å². The molecule has 0 atom stereocenters. The molecule has 0 aliphatic carbocycles. The number of nitrogens with one attached hydrogen (secondary N) is 1. The van der Waals surface area contributed by atoms with E-state index in [1.165, 1.54) is 25.0 Å². The largest absolute Gasteiger partial charge is 0.416 e. The summed E-state index contributed by atoms with van der Waals surface area (Å²) < 4.78 is 37.6. The first-order chi connectivity index (χ1) is 9.05. The van der Waals surface area contributed by atoms with Crippen molar-refractivity contribution in [2.75, 3.05) is 26.2 Å². The Bertz CT molecular complexity index is 398. The second-order valence-corrected chi connectivity index (χ2v) is 4.92. The van der Waals surface area contributed by atoms with Gasteiger partial charge in [-0.05, 0) is 37.6 Å². The lowest BCUT2D eigenvalue weighted by atomic mass is 10.1. The average Bonchev–Trinajstić information content (AvgIpc) is 2.87. The molecule has 0 amide bonds. The van der Waals surface area contributed by atoms with Crippen molar-refractivity contribution in [3.8, 4) is 0 Å². The molecule has 106 valence electrons. The van der Waals surface area contributed by atoms with Crippen LogP contribution in [0.3, 0.4) is 0 Å². The minimum absolute atomic E-state index is 0.484. The Hall–Kier alpha value is -1.07. The van der Waals surface area contributed by atoms with E-state index in [-0.39, 0.29) is 0 Å². The van der Waals surface area contributed by atoms with Crippen LogP contribution in [0.1, 0.15) is 24.0 Å². The fraction of sp³-hybridized carbons (Fsp3) is 0.571. The SMILES string of the molecule is FC(F)(F)c1cccc(CNCCN2CCCC2)c1. The van der Waals surface area contributed by atoms with Gasteiger partial charge in [-0.2, -0.15) is 13.2 Å². The van der Waals surface area contributed by atoms with Crippen molar-refractivity contribution in [2.45, 2.75) is 25.6 Å². The predicted molar refractivity (Wildman–Crippen MR) is 68.8 cm³/mol. The van der Waals surface area contributed by atoms with Gasteiger partial charge in [0.1, 0.15) is 0 Å². The van der Waals surface area contributed by atoms with Gasteiger partial charge in [0.25, 0.3) is 0 Å². The molecule has 0 unspecified atom stereocenters. The fourth-order valence-electron chi connectivity index (χ4n) is 2.33. The normalized spacial score (nSPS) is 17.0. The van der Waals surface area contributed by atoms with Crippen LogP contribution in [-0.2, 0) is 12.7 Å². The molecule has 0 spiro atoms. The summed E-state index contributed by atoms with van der Waals surface area (Å²) in [6, 6.07) is 5.50. The van der Waals surface area contributed by atoms with Crippen LogP contribution in [0.4, 0.5) is 13.2 Å². The molecule has 2 rings (SSSR count). The third kappa shape index (κ3) is 4.51. The van der Waals surface area contributed by atoms with Crippen molar-refractivity contribution in [1.29, 1.82) is 0 Å². The predicted octanol–water partition coefficient (Wildman–Crippen LogP) is 2.89. The van der Waals surface area contributed by atoms with E-state index < -0.39 is 11.7 Å². The van der Waals surface area contributed by atoms with Crippen molar-refractivity contribution < 1.29 is 13.2 Å². The van der Waals surface area contributed by atoms with Crippen molar-refractivity contribution in [3.63, 3.8) is 0 Å². The molecule has 0 radical (unpaired) electrons. The summed E-state index contributed by atoms with van der Waals surface area (Å²) in [6.45, 7) is 4.56. The minimum atomic E-state index is -4.26. The molecule has 0 saturated carbocycles. The molecule has 5 heteroatoms. The molecule has 1 heterocycles. The zero-order valence-corrected chi connectivity index (χ0v) is 10.8. The summed E-state index contributed by atoms with van der Waals surface area (Å²) in [4.78, 5) is 2.37. The molecule has 1 saturated heterocycles. The third-order valence-electron chi connectivity index (χ3n) is 3.39. The quantitative estimate of drug-likeness (QED) is 0.829. The molecule has 1 aliphatic heterocycles. The number of alkyl halides is 3. The van der Waals surface area contributed by atoms with Crippen LogP contribution in [-0.4, -0.2) is 31.1 Å². The molecular formula is C14H19F3N2. The van der Waals surface area contributed by atoms with Crippen LogP contribution >= 0.6 is 0 Å². The van der Waals surface area contributed by atoms with E-state index >= 15 is 0 Å². The zero-order chi connectivity index (χ0) is 13.7. The van der Waals surface area contributed by atoms with Crippen LogP contribution in [0.25, 0.3) is 0 Å². The molecule has 0 bridgehead atoms. The second-order valence-electron chi connectivity index (χ2n) is 4.92. The van der Waals surface area contributed by atoms with Crippen LogP contribution in [0.15, 0.2) is 24.3 Å². The molecular weight excluding hydrogens is 253 g/mol. The van der Waals surface area contributed by atoms with Gasteiger partial charge < -0.3 is 10.2 Å². The summed E-state index contributed by atoms with van der Waals surface area (Å²) in [5.41, 5.74) is 0.0996. The Kier molecular flexibility index (Phi) is 4.82. The lowest BCUT2D eigenvalue weighted by Crippen LogP contribution is -2.29. The molecule has 2 nitrogen and oxygen atoms in total. The third-order valence-corrected chi connectivity index (χ3v) is 3.39. The van der Waals surface area contributed by atoms with Crippen molar-refractivity contribution >= 4 is 0 Å². The highest BCUT2D eigenvalue weighted by Gasteiger charge is 2.30. The standard InChI is InChI=1S/C14H19F3N2/c15-14(16,17)13-5-3-4-12(10-13)11-18-6-9-19-7-1-2-8-19/h3-5,10,18H,1-2,6-9,11H2. The summed E-state index contributed by atoms with van der Waals surface area (Å²) in [5.74, 6) is 0. The van der Waals surface area contributed by atoms with E-state index in [1.807, 2.05) is 0 Å². The van der Waals surface area contributed by atoms with E-state index in [0.29, 0.717) is 12.1 Å². The van der Waals surface area contributed by atoms with E-state index in [4.69, 9.17) is 0 Å². The Morgan fingerprint density at radius 2 is 1.89 bits per heavy atom. The topological polar surface area (TPSA) is 15.3 Å². The number of hydrogen-bond donors (Lipinski definition) is 1. The molecule has 1 aliphatic rings. The molecule has 1 N–H and O–H groups in total. The molecule has 1 aromatic rings. The van der Waals surface area contributed by atoms with Gasteiger partial charge >= 0.3 is 6.18 Å². The number of likely N-dealkylation sites (tertiary alicyclic amines) is 1. The second kappa shape index (κ2) is 6.39. The Morgan fingerprint density at radius 1 is 1.16 bits per heavy atom. The van der Waals surface area contributed by atoms with Crippen LogP contribution in [0.5, 0.6) is 0 Å². The lowest BCUT2D eigenvalue weighted by Gasteiger charge is -2.15. The average molecular weight is 272 g/mol. The highest BCUT2D eigenvalue weighted by atomic mass is 19.4.